The molecule has 3 rings (SSSR count). The number of nitriles is 1. The van der Waals surface area contributed by atoms with Crippen molar-refractivity contribution in [1.82, 2.24) is 4.98 Å². The highest BCUT2D eigenvalue weighted by Gasteiger charge is 2.15. The van der Waals surface area contributed by atoms with Gasteiger partial charge in [0.1, 0.15) is 0 Å². The van der Waals surface area contributed by atoms with Crippen molar-refractivity contribution >= 4 is 11.6 Å². The molecule has 1 amide bonds. The number of carbonyl (C=O) groups is 1. The Morgan fingerprint density at radius 2 is 1.76 bits per heavy atom. The number of nitrogens with one attached hydrogen (secondary N) is 1. The van der Waals surface area contributed by atoms with Crippen LogP contribution in [0.4, 0.5) is 5.69 Å². The minimum atomic E-state index is -0.268. The van der Waals surface area contributed by atoms with E-state index in [4.69, 9.17) is 4.74 Å². The summed E-state index contributed by atoms with van der Waals surface area (Å²) in [7, 11) is 1.53. The first-order valence-electron chi connectivity index (χ1n) is 7.63. The van der Waals surface area contributed by atoms with E-state index >= 15 is 0 Å². The molecule has 0 aliphatic carbocycles. The predicted molar refractivity (Wildman–Crippen MR) is 95.3 cm³/mol. The summed E-state index contributed by atoms with van der Waals surface area (Å²) in [5.41, 5.74) is 3.01. The molecule has 5 heteroatoms. The summed E-state index contributed by atoms with van der Waals surface area (Å²) in [4.78, 5) is 16.8. The summed E-state index contributed by atoms with van der Waals surface area (Å²) in [6, 6.07) is 20.0. The van der Waals surface area contributed by atoms with Gasteiger partial charge in [-0.2, -0.15) is 5.26 Å². The molecule has 0 aliphatic heterocycles. The van der Waals surface area contributed by atoms with Crippen LogP contribution in [-0.2, 0) is 0 Å². The molecule has 0 fully saturated rings. The lowest BCUT2D eigenvalue weighted by molar-refractivity contribution is 0.102. The van der Waals surface area contributed by atoms with Crippen molar-refractivity contribution in [2.45, 2.75) is 0 Å². The van der Waals surface area contributed by atoms with Crippen LogP contribution in [0.3, 0.4) is 0 Å². The van der Waals surface area contributed by atoms with Gasteiger partial charge in [0.05, 0.1) is 30.6 Å². The maximum Gasteiger partial charge on any atom is 0.256 e. The third-order valence-corrected chi connectivity index (χ3v) is 3.71. The average Bonchev–Trinajstić information content (AvgIpc) is 2.68. The van der Waals surface area contributed by atoms with E-state index in [1.807, 2.05) is 24.3 Å². The van der Waals surface area contributed by atoms with Gasteiger partial charge in [0, 0.05) is 17.2 Å². The van der Waals surface area contributed by atoms with E-state index in [0.29, 0.717) is 28.3 Å². The number of pyridine rings is 1. The maximum atomic E-state index is 12.7. The molecule has 0 radical (unpaired) electrons. The molecular weight excluding hydrogens is 314 g/mol. The molecule has 25 heavy (non-hydrogen) atoms. The zero-order chi connectivity index (χ0) is 17.6. The van der Waals surface area contributed by atoms with Gasteiger partial charge >= 0.3 is 0 Å². The smallest absolute Gasteiger partial charge is 0.256 e. The number of carbonyl (C=O) groups excluding carboxylic acids is 1. The number of methoxy groups -OCH3 is 1. The number of ether oxygens (including phenoxy) is 1. The number of anilines is 1. The first-order valence-corrected chi connectivity index (χ1v) is 7.63. The number of benzene rings is 2. The van der Waals surface area contributed by atoms with Crippen molar-refractivity contribution in [1.29, 1.82) is 5.26 Å². The van der Waals surface area contributed by atoms with Crippen LogP contribution < -0.4 is 10.1 Å². The molecule has 0 saturated carbocycles. The summed E-state index contributed by atoms with van der Waals surface area (Å²) in [5.74, 6) is 0.205. The summed E-state index contributed by atoms with van der Waals surface area (Å²) in [6.45, 7) is 0. The van der Waals surface area contributed by atoms with Crippen LogP contribution in [0.25, 0.3) is 11.1 Å². The zero-order valence-electron chi connectivity index (χ0n) is 13.6. The van der Waals surface area contributed by atoms with Gasteiger partial charge in [-0.25, -0.2) is 4.98 Å². The Hall–Kier alpha value is -3.65. The Morgan fingerprint density at radius 1 is 1.04 bits per heavy atom. The zero-order valence-corrected chi connectivity index (χ0v) is 13.6. The number of aromatic nitrogens is 1. The largest absolute Gasteiger partial charge is 0.481 e. The SMILES string of the molecule is COc1ccc(NC(=O)c2ccccc2-c2ccccc2C#N)cn1. The predicted octanol–water partition coefficient (Wildman–Crippen LogP) is 3.88. The van der Waals surface area contributed by atoms with Crippen molar-refractivity contribution in [3.63, 3.8) is 0 Å². The van der Waals surface area contributed by atoms with Crippen molar-refractivity contribution in [3.05, 3.63) is 78.0 Å². The van der Waals surface area contributed by atoms with Crippen molar-refractivity contribution in [2.75, 3.05) is 12.4 Å². The Bertz CT molecular complexity index is 944. The lowest BCUT2D eigenvalue weighted by Gasteiger charge is -2.11. The van der Waals surface area contributed by atoms with Crippen molar-refractivity contribution in [3.8, 4) is 23.1 Å². The van der Waals surface area contributed by atoms with Crippen LogP contribution in [0.2, 0.25) is 0 Å². The van der Waals surface area contributed by atoms with E-state index in [9.17, 15) is 10.1 Å². The summed E-state index contributed by atoms with van der Waals surface area (Å²) in [5, 5.41) is 12.1. The fourth-order valence-electron chi connectivity index (χ4n) is 2.50. The molecule has 3 aromatic rings. The van der Waals surface area contributed by atoms with E-state index in [1.54, 1.807) is 36.4 Å². The van der Waals surface area contributed by atoms with E-state index in [1.165, 1.54) is 13.3 Å². The second-order valence-corrected chi connectivity index (χ2v) is 5.25. The fourth-order valence-corrected chi connectivity index (χ4v) is 2.50. The van der Waals surface area contributed by atoms with Gasteiger partial charge in [0.15, 0.2) is 0 Å². The van der Waals surface area contributed by atoms with Gasteiger partial charge in [-0.05, 0) is 23.8 Å². The second-order valence-electron chi connectivity index (χ2n) is 5.25. The Labute approximate surface area is 145 Å². The van der Waals surface area contributed by atoms with E-state index in [2.05, 4.69) is 16.4 Å². The summed E-state index contributed by atoms with van der Waals surface area (Å²) < 4.78 is 5.01. The molecule has 0 spiro atoms. The Kier molecular flexibility index (Phi) is 4.72. The van der Waals surface area contributed by atoms with Gasteiger partial charge in [0.2, 0.25) is 5.88 Å². The number of rotatable bonds is 4. The van der Waals surface area contributed by atoms with E-state index in [0.717, 1.165) is 5.56 Å². The second kappa shape index (κ2) is 7.28. The molecule has 0 atom stereocenters. The number of hydrogen-bond acceptors (Lipinski definition) is 4. The molecule has 2 aromatic carbocycles. The summed E-state index contributed by atoms with van der Waals surface area (Å²) >= 11 is 0. The third kappa shape index (κ3) is 3.48. The first-order chi connectivity index (χ1) is 12.2. The average molecular weight is 329 g/mol. The minimum absolute atomic E-state index is 0.268. The number of nitrogens with zero attached hydrogens (tertiary/aromatic N) is 2. The highest BCUT2D eigenvalue weighted by molar-refractivity contribution is 6.09. The normalized spacial score (nSPS) is 9.92. The van der Waals surface area contributed by atoms with Gasteiger partial charge < -0.3 is 10.1 Å². The summed E-state index contributed by atoms with van der Waals surface area (Å²) in [6.07, 6.45) is 1.53. The van der Waals surface area contributed by atoms with Crippen LogP contribution in [0.5, 0.6) is 5.88 Å². The molecule has 0 bridgehead atoms. The van der Waals surface area contributed by atoms with Crippen molar-refractivity contribution < 1.29 is 9.53 Å². The Balaban J connectivity index is 1.95. The van der Waals surface area contributed by atoms with Crippen LogP contribution in [0, 0.1) is 11.3 Å². The molecule has 122 valence electrons. The quantitative estimate of drug-likeness (QED) is 0.788. The molecule has 1 heterocycles. The molecule has 1 N–H and O–H groups in total. The van der Waals surface area contributed by atoms with Crippen LogP contribution >= 0.6 is 0 Å². The first kappa shape index (κ1) is 16.2. The molecule has 0 unspecified atom stereocenters. The highest BCUT2D eigenvalue weighted by atomic mass is 16.5. The molecule has 0 saturated heterocycles. The maximum absolute atomic E-state index is 12.7. The van der Waals surface area contributed by atoms with Gasteiger partial charge in [-0.1, -0.05) is 36.4 Å². The lowest BCUT2D eigenvalue weighted by atomic mass is 9.95. The number of amides is 1. The topological polar surface area (TPSA) is 75.0 Å². The Morgan fingerprint density at radius 3 is 2.44 bits per heavy atom. The van der Waals surface area contributed by atoms with E-state index < -0.39 is 0 Å². The van der Waals surface area contributed by atoms with Crippen molar-refractivity contribution in [2.24, 2.45) is 0 Å². The standard InChI is InChI=1S/C20H15N3O2/c1-25-19-11-10-15(13-22-19)23-20(24)18-9-5-4-8-17(18)16-7-3-2-6-14(16)12-21/h2-11,13H,1H3,(H,23,24). The molecule has 1 aromatic heterocycles. The lowest BCUT2D eigenvalue weighted by Crippen LogP contribution is -2.13. The fraction of sp³-hybridized carbons (Fsp3) is 0.0500. The van der Waals surface area contributed by atoms with Gasteiger partial charge in [-0.15, -0.1) is 0 Å². The van der Waals surface area contributed by atoms with Gasteiger partial charge in [-0.3, -0.25) is 4.79 Å². The van der Waals surface area contributed by atoms with Crippen LogP contribution in [0.15, 0.2) is 66.9 Å². The third-order valence-electron chi connectivity index (χ3n) is 3.71. The minimum Gasteiger partial charge on any atom is -0.481 e. The molecule has 0 aliphatic rings. The van der Waals surface area contributed by atoms with Crippen LogP contribution in [-0.4, -0.2) is 18.0 Å². The van der Waals surface area contributed by atoms with Crippen LogP contribution in [0.1, 0.15) is 15.9 Å². The number of hydrogen-bond donors (Lipinski definition) is 1. The van der Waals surface area contributed by atoms with Gasteiger partial charge in [0.25, 0.3) is 5.91 Å². The highest BCUT2D eigenvalue weighted by Crippen LogP contribution is 2.27. The molecule has 5 nitrogen and oxygen atoms in total. The monoisotopic (exact) mass is 329 g/mol. The molecular formula is C20H15N3O2. The van der Waals surface area contributed by atoms with E-state index in [-0.39, 0.29) is 5.91 Å².